The Morgan fingerprint density at radius 2 is 1.90 bits per heavy atom. The molecule has 110 valence electrons. The van der Waals surface area contributed by atoms with Gasteiger partial charge in [0, 0.05) is 10.8 Å². The Morgan fingerprint density at radius 1 is 1.25 bits per heavy atom. The molecule has 20 heavy (non-hydrogen) atoms. The molecule has 2 aromatic heterocycles. The summed E-state index contributed by atoms with van der Waals surface area (Å²) in [4.78, 5) is 7.59. The van der Waals surface area contributed by atoms with Crippen molar-refractivity contribution in [3.63, 3.8) is 0 Å². The van der Waals surface area contributed by atoms with Gasteiger partial charge in [-0.3, -0.25) is 0 Å². The van der Waals surface area contributed by atoms with Crippen LogP contribution in [-0.4, -0.2) is 15.1 Å². The molecule has 0 aromatic carbocycles. The van der Waals surface area contributed by atoms with Crippen molar-refractivity contribution in [2.75, 3.05) is 0 Å². The van der Waals surface area contributed by atoms with Gasteiger partial charge >= 0.3 is 12.1 Å². The number of nitrogens with two attached hydrogens (primary N) is 1. The van der Waals surface area contributed by atoms with Gasteiger partial charge in [-0.2, -0.15) is 18.2 Å². The summed E-state index contributed by atoms with van der Waals surface area (Å²) in [5.41, 5.74) is 6.09. The topological polar surface area (TPSA) is 77.8 Å². The van der Waals surface area contributed by atoms with E-state index in [4.69, 9.17) is 5.73 Å². The van der Waals surface area contributed by atoms with Gasteiger partial charge in [0.25, 0.3) is 0 Å². The fourth-order valence-corrected chi connectivity index (χ4v) is 2.33. The van der Waals surface area contributed by atoms with E-state index in [0.29, 0.717) is 5.69 Å². The lowest BCUT2D eigenvalue weighted by atomic mass is 9.98. The van der Waals surface area contributed by atoms with E-state index in [1.165, 1.54) is 11.3 Å². The summed E-state index contributed by atoms with van der Waals surface area (Å²) in [5.74, 6) is -1.64. The van der Waals surface area contributed by atoms with E-state index in [-0.39, 0.29) is 11.2 Å². The van der Waals surface area contributed by atoms with E-state index in [1.54, 1.807) is 5.38 Å². The van der Waals surface area contributed by atoms with Crippen LogP contribution >= 0.6 is 11.3 Å². The van der Waals surface area contributed by atoms with Gasteiger partial charge in [0.1, 0.15) is 6.04 Å². The average molecular weight is 306 g/mol. The normalized spacial score (nSPS) is 14.6. The summed E-state index contributed by atoms with van der Waals surface area (Å²) < 4.78 is 41.3. The molecule has 0 aliphatic rings. The van der Waals surface area contributed by atoms with E-state index in [2.05, 4.69) is 19.6 Å². The molecule has 2 aromatic rings. The average Bonchev–Trinajstić information content (AvgIpc) is 2.96. The lowest BCUT2D eigenvalue weighted by molar-refractivity contribution is -0.159. The van der Waals surface area contributed by atoms with Crippen LogP contribution in [0, 0.1) is 0 Å². The third-order valence-electron chi connectivity index (χ3n) is 2.44. The maximum absolute atomic E-state index is 12.4. The van der Waals surface area contributed by atoms with Crippen molar-refractivity contribution >= 4 is 11.3 Å². The van der Waals surface area contributed by atoms with Crippen LogP contribution in [0.15, 0.2) is 9.90 Å². The standard InChI is InChI=1S/C11H13F3N4OS/c1-10(2,3)9-16-5(4-20-9)6(15)7-17-8(19-18-7)11(12,13)14/h4,6H,15H2,1-3H3. The lowest BCUT2D eigenvalue weighted by Crippen LogP contribution is -2.16. The third-order valence-corrected chi connectivity index (χ3v) is 3.73. The van der Waals surface area contributed by atoms with Gasteiger partial charge in [0.2, 0.25) is 0 Å². The molecule has 5 nitrogen and oxygen atoms in total. The first-order chi connectivity index (χ1) is 9.09. The summed E-state index contributed by atoms with van der Waals surface area (Å²) in [7, 11) is 0. The molecule has 0 saturated heterocycles. The fourth-order valence-electron chi connectivity index (χ4n) is 1.38. The molecule has 2 heterocycles. The third kappa shape index (κ3) is 2.98. The Hall–Kier alpha value is -1.48. The number of alkyl halides is 3. The number of rotatable bonds is 2. The molecule has 9 heteroatoms. The first-order valence-electron chi connectivity index (χ1n) is 5.71. The number of thiazole rings is 1. The van der Waals surface area contributed by atoms with Crippen molar-refractivity contribution in [1.82, 2.24) is 15.1 Å². The van der Waals surface area contributed by atoms with E-state index in [9.17, 15) is 13.2 Å². The Labute approximate surface area is 117 Å². The SMILES string of the molecule is CC(C)(C)c1nc(C(N)c2noc(C(F)(F)F)n2)cs1. The summed E-state index contributed by atoms with van der Waals surface area (Å²) >= 11 is 1.39. The molecule has 0 spiro atoms. The Kier molecular flexibility index (Phi) is 3.59. The lowest BCUT2D eigenvalue weighted by Gasteiger charge is -2.13. The quantitative estimate of drug-likeness (QED) is 0.923. The summed E-state index contributed by atoms with van der Waals surface area (Å²) in [5, 5.41) is 5.79. The minimum absolute atomic E-state index is 0.156. The van der Waals surface area contributed by atoms with Gasteiger partial charge in [-0.25, -0.2) is 4.98 Å². The molecule has 1 unspecified atom stereocenters. The highest BCUT2D eigenvalue weighted by atomic mass is 32.1. The minimum Gasteiger partial charge on any atom is -0.329 e. The molecule has 1 atom stereocenters. The second kappa shape index (κ2) is 4.81. The largest absolute Gasteiger partial charge is 0.471 e. The van der Waals surface area contributed by atoms with E-state index in [1.807, 2.05) is 20.8 Å². The number of hydrogen-bond acceptors (Lipinski definition) is 6. The molecular formula is C11H13F3N4OS. The monoisotopic (exact) mass is 306 g/mol. The smallest absolute Gasteiger partial charge is 0.329 e. The highest BCUT2D eigenvalue weighted by Gasteiger charge is 2.39. The summed E-state index contributed by atoms with van der Waals surface area (Å²) in [6, 6.07) is -0.942. The first-order valence-corrected chi connectivity index (χ1v) is 6.59. The van der Waals surface area contributed by atoms with Crippen LogP contribution in [0.2, 0.25) is 0 Å². The molecular weight excluding hydrogens is 293 g/mol. The maximum atomic E-state index is 12.4. The van der Waals surface area contributed by atoms with E-state index in [0.717, 1.165) is 5.01 Å². The van der Waals surface area contributed by atoms with Crippen LogP contribution in [0.4, 0.5) is 13.2 Å². The Bertz CT molecular complexity index is 547. The maximum Gasteiger partial charge on any atom is 0.471 e. The number of hydrogen-bond donors (Lipinski definition) is 1. The van der Waals surface area contributed by atoms with Crippen molar-refractivity contribution in [3.8, 4) is 0 Å². The number of nitrogens with zero attached hydrogens (tertiary/aromatic N) is 3. The number of aromatic nitrogens is 3. The predicted octanol–water partition coefficient (Wildman–Crippen LogP) is 2.89. The van der Waals surface area contributed by atoms with Gasteiger partial charge in [-0.15, -0.1) is 11.3 Å². The van der Waals surface area contributed by atoms with Crippen LogP contribution in [-0.2, 0) is 11.6 Å². The van der Waals surface area contributed by atoms with Gasteiger partial charge in [0.15, 0.2) is 5.82 Å². The second-order valence-electron chi connectivity index (χ2n) is 5.26. The van der Waals surface area contributed by atoms with Crippen molar-refractivity contribution in [1.29, 1.82) is 0 Å². The molecule has 0 bridgehead atoms. The van der Waals surface area contributed by atoms with Crippen molar-refractivity contribution in [3.05, 3.63) is 27.8 Å². The van der Waals surface area contributed by atoms with Crippen LogP contribution in [0.5, 0.6) is 0 Å². The Morgan fingerprint density at radius 3 is 2.35 bits per heavy atom. The minimum atomic E-state index is -4.68. The van der Waals surface area contributed by atoms with Crippen LogP contribution < -0.4 is 5.73 Å². The van der Waals surface area contributed by atoms with Crippen LogP contribution in [0.1, 0.15) is 49.2 Å². The number of halogens is 3. The molecule has 0 amide bonds. The van der Waals surface area contributed by atoms with Gasteiger partial charge < -0.3 is 10.3 Å². The fraction of sp³-hybridized carbons (Fsp3) is 0.545. The predicted molar refractivity (Wildman–Crippen MR) is 66.1 cm³/mol. The highest BCUT2D eigenvalue weighted by Crippen LogP contribution is 2.31. The summed E-state index contributed by atoms with van der Waals surface area (Å²) in [6.07, 6.45) is -4.68. The molecule has 2 N–H and O–H groups in total. The van der Waals surface area contributed by atoms with Crippen molar-refractivity contribution in [2.24, 2.45) is 5.73 Å². The van der Waals surface area contributed by atoms with Crippen molar-refractivity contribution < 1.29 is 17.7 Å². The van der Waals surface area contributed by atoms with Crippen molar-refractivity contribution in [2.45, 2.75) is 38.4 Å². The van der Waals surface area contributed by atoms with E-state index >= 15 is 0 Å². The van der Waals surface area contributed by atoms with Gasteiger partial charge in [-0.05, 0) is 0 Å². The second-order valence-corrected chi connectivity index (χ2v) is 6.12. The zero-order valence-electron chi connectivity index (χ0n) is 11.0. The molecule has 2 rings (SSSR count). The zero-order chi connectivity index (χ0) is 15.1. The highest BCUT2D eigenvalue weighted by molar-refractivity contribution is 7.09. The van der Waals surface area contributed by atoms with Crippen LogP contribution in [0.3, 0.4) is 0 Å². The molecule has 0 radical (unpaired) electrons. The summed E-state index contributed by atoms with van der Waals surface area (Å²) in [6.45, 7) is 5.95. The molecule has 0 aliphatic heterocycles. The molecule has 0 fully saturated rings. The van der Waals surface area contributed by atoms with Gasteiger partial charge in [-0.1, -0.05) is 25.9 Å². The zero-order valence-corrected chi connectivity index (χ0v) is 11.8. The van der Waals surface area contributed by atoms with E-state index < -0.39 is 18.1 Å². The Balaban J connectivity index is 2.25. The van der Waals surface area contributed by atoms with Crippen LogP contribution in [0.25, 0.3) is 0 Å². The first kappa shape index (κ1) is 14.9. The molecule has 0 aliphatic carbocycles. The molecule has 0 saturated carbocycles. The van der Waals surface area contributed by atoms with Gasteiger partial charge in [0.05, 0.1) is 10.7 Å².